The molecule has 0 aromatic heterocycles. The predicted molar refractivity (Wildman–Crippen MR) is 95.5 cm³/mol. The second-order valence-electron chi connectivity index (χ2n) is 6.08. The van der Waals surface area contributed by atoms with Gasteiger partial charge < -0.3 is 5.32 Å². The van der Waals surface area contributed by atoms with E-state index in [9.17, 15) is 13.2 Å². The fourth-order valence-corrected chi connectivity index (χ4v) is 4.68. The Hall–Kier alpha value is -1.11. The van der Waals surface area contributed by atoms with Crippen molar-refractivity contribution in [2.24, 2.45) is 0 Å². The first-order valence-corrected chi connectivity index (χ1v) is 10.3. The Kier molecular flexibility index (Phi) is 7.07. The quantitative estimate of drug-likeness (QED) is 0.747. The van der Waals surface area contributed by atoms with Gasteiger partial charge in [0.1, 0.15) is 6.04 Å². The van der Waals surface area contributed by atoms with E-state index in [0.29, 0.717) is 24.5 Å². The molecule has 0 saturated carbocycles. The Labute approximate surface area is 149 Å². The molecule has 7 heteroatoms. The largest absolute Gasteiger partial charge is 0.355 e. The van der Waals surface area contributed by atoms with Crippen LogP contribution in [0.5, 0.6) is 0 Å². The van der Waals surface area contributed by atoms with Gasteiger partial charge in [-0.1, -0.05) is 31.4 Å². The van der Waals surface area contributed by atoms with Crippen LogP contribution in [0.15, 0.2) is 29.2 Å². The maximum Gasteiger partial charge on any atom is 0.243 e. The average molecular weight is 373 g/mol. The third-order valence-corrected chi connectivity index (χ3v) is 6.43. The monoisotopic (exact) mass is 372 g/mol. The zero-order valence-electron chi connectivity index (χ0n) is 14.0. The summed E-state index contributed by atoms with van der Waals surface area (Å²) in [5, 5.41) is 3.32. The molecule has 1 aliphatic rings. The van der Waals surface area contributed by atoms with Crippen LogP contribution in [-0.4, -0.2) is 37.8 Å². The highest BCUT2D eigenvalue weighted by molar-refractivity contribution is 7.89. The standard InChI is InChI=1S/C17H25ClN2O3S/c1-2-3-6-13-20(16-7-4-5-12-19-17(16)21)24(22,23)15-10-8-14(18)9-11-15/h8-11,16H,2-7,12-13H2,1H3,(H,19,21). The molecular weight excluding hydrogens is 348 g/mol. The number of hydrogen-bond donors (Lipinski definition) is 1. The van der Waals surface area contributed by atoms with Crippen LogP contribution >= 0.6 is 11.6 Å². The summed E-state index contributed by atoms with van der Waals surface area (Å²) in [5.74, 6) is -0.193. The molecule has 1 heterocycles. The lowest BCUT2D eigenvalue weighted by atomic mass is 10.1. The minimum atomic E-state index is -3.73. The molecule has 24 heavy (non-hydrogen) atoms. The Morgan fingerprint density at radius 3 is 2.58 bits per heavy atom. The lowest BCUT2D eigenvalue weighted by Crippen LogP contribution is -2.49. The van der Waals surface area contributed by atoms with E-state index in [1.165, 1.54) is 16.4 Å². The van der Waals surface area contributed by atoms with Gasteiger partial charge in [-0.3, -0.25) is 4.79 Å². The molecule has 1 fully saturated rings. The molecule has 134 valence electrons. The number of carbonyl (C=O) groups excluding carboxylic acids is 1. The fourth-order valence-electron chi connectivity index (χ4n) is 2.90. The molecular formula is C17H25ClN2O3S. The molecule has 5 nitrogen and oxygen atoms in total. The normalized spacial score (nSPS) is 19.1. The molecule has 1 atom stereocenters. The number of carbonyl (C=O) groups is 1. The van der Waals surface area contributed by atoms with E-state index < -0.39 is 16.1 Å². The van der Waals surface area contributed by atoms with Crippen molar-refractivity contribution in [3.05, 3.63) is 29.3 Å². The van der Waals surface area contributed by atoms with Gasteiger partial charge in [0.2, 0.25) is 15.9 Å². The Morgan fingerprint density at radius 2 is 1.92 bits per heavy atom. The van der Waals surface area contributed by atoms with Crippen molar-refractivity contribution in [2.45, 2.75) is 56.4 Å². The van der Waals surface area contributed by atoms with Crippen LogP contribution < -0.4 is 5.32 Å². The third-order valence-electron chi connectivity index (χ3n) is 4.26. The van der Waals surface area contributed by atoms with Crippen molar-refractivity contribution in [3.8, 4) is 0 Å². The van der Waals surface area contributed by atoms with Crippen LogP contribution in [0.3, 0.4) is 0 Å². The molecule has 0 spiro atoms. The number of hydrogen-bond acceptors (Lipinski definition) is 3. The average Bonchev–Trinajstić information content (AvgIpc) is 2.76. The Morgan fingerprint density at radius 1 is 1.21 bits per heavy atom. The number of rotatable bonds is 7. The highest BCUT2D eigenvalue weighted by atomic mass is 35.5. The molecule has 1 saturated heterocycles. The Bertz CT molecular complexity index is 646. The molecule has 1 aromatic rings. The highest BCUT2D eigenvalue weighted by Crippen LogP contribution is 2.24. The number of benzene rings is 1. The summed E-state index contributed by atoms with van der Waals surface area (Å²) in [4.78, 5) is 12.6. The molecule has 1 N–H and O–H groups in total. The topological polar surface area (TPSA) is 66.5 Å². The first-order valence-electron chi connectivity index (χ1n) is 8.52. The van der Waals surface area contributed by atoms with E-state index in [1.807, 2.05) is 0 Å². The van der Waals surface area contributed by atoms with Gasteiger partial charge >= 0.3 is 0 Å². The lowest BCUT2D eigenvalue weighted by Gasteiger charge is -2.29. The molecule has 1 aromatic carbocycles. The van der Waals surface area contributed by atoms with Gasteiger partial charge in [0, 0.05) is 18.1 Å². The number of nitrogens with zero attached hydrogens (tertiary/aromatic N) is 1. The number of amides is 1. The van der Waals surface area contributed by atoms with Crippen LogP contribution in [-0.2, 0) is 14.8 Å². The van der Waals surface area contributed by atoms with Gasteiger partial charge in [-0.25, -0.2) is 8.42 Å². The van der Waals surface area contributed by atoms with E-state index in [1.54, 1.807) is 12.1 Å². The summed E-state index contributed by atoms with van der Waals surface area (Å²) in [6.07, 6.45) is 4.94. The molecule has 0 bridgehead atoms. The van der Waals surface area contributed by atoms with Crippen LogP contribution in [0, 0.1) is 0 Å². The summed E-state index contributed by atoms with van der Waals surface area (Å²) in [6, 6.07) is 5.49. The molecule has 0 aliphatic carbocycles. The lowest BCUT2D eigenvalue weighted by molar-refractivity contribution is -0.124. The van der Waals surface area contributed by atoms with Gasteiger partial charge in [0.15, 0.2) is 0 Å². The second-order valence-corrected chi connectivity index (χ2v) is 8.41. The number of unbranched alkanes of at least 4 members (excludes halogenated alkanes) is 2. The predicted octanol–water partition coefficient (Wildman–Crippen LogP) is 3.19. The van der Waals surface area contributed by atoms with E-state index in [2.05, 4.69) is 12.2 Å². The van der Waals surface area contributed by atoms with E-state index in [0.717, 1.165) is 32.1 Å². The van der Waals surface area contributed by atoms with Crippen molar-refractivity contribution >= 4 is 27.5 Å². The first kappa shape index (κ1) is 19.2. The van der Waals surface area contributed by atoms with Gasteiger partial charge in [-0.05, 0) is 49.9 Å². The zero-order chi connectivity index (χ0) is 17.6. The van der Waals surface area contributed by atoms with Crippen LogP contribution in [0.1, 0.15) is 45.4 Å². The van der Waals surface area contributed by atoms with Gasteiger partial charge in [-0.15, -0.1) is 0 Å². The molecule has 1 amide bonds. The minimum absolute atomic E-state index is 0.181. The summed E-state index contributed by atoms with van der Waals surface area (Å²) in [7, 11) is -3.73. The van der Waals surface area contributed by atoms with Gasteiger partial charge in [0.05, 0.1) is 4.90 Å². The fraction of sp³-hybridized carbons (Fsp3) is 0.588. The maximum atomic E-state index is 13.1. The van der Waals surface area contributed by atoms with Crippen molar-refractivity contribution in [1.29, 1.82) is 0 Å². The summed E-state index contributed by atoms with van der Waals surface area (Å²) in [6.45, 7) is 3.03. The second kappa shape index (κ2) is 8.83. The number of nitrogens with one attached hydrogen (secondary N) is 1. The minimum Gasteiger partial charge on any atom is -0.355 e. The SMILES string of the molecule is CCCCCN(C1CCCCNC1=O)S(=O)(=O)c1ccc(Cl)cc1. The summed E-state index contributed by atoms with van der Waals surface area (Å²) in [5.41, 5.74) is 0. The third kappa shape index (κ3) is 4.71. The van der Waals surface area contributed by atoms with E-state index >= 15 is 0 Å². The molecule has 1 aliphatic heterocycles. The molecule has 2 rings (SSSR count). The number of halogens is 1. The van der Waals surface area contributed by atoms with Crippen molar-refractivity contribution in [2.75, 3.05) is 13.1 Å². The van der Waals surface area contributed by atoms with Crippen molar-refractivity contribution in [1.82, 2.24) is 9.62 Å². The van der Waals surface area contributed by atoms with Crippen LogP contribution in [0.2, 0.25) is 5.02 Å². The first-order chi connectivity index (χ1) is 11.5. The molecule has 0 radical (unpaired) electrons. The van der Waals surface area contributed by atoms with Crippen molar-refractivity contribution in [3.63, 3.8) is 0 Å². The van der Waals surface area contributed by atoms with E-state index in [-0.39, 0.29) is 10.8 Å². The van der Waals surface area contributed by atoms with Crippen LogP contribution in [0.4, 0.5) is 0 Å². The summed E-state index contributed by atoms with van der Waals surface area (Å²) < 4.78 is 27.6. The molecule has 1 unspecified atom stereocenters. The highest BCUT2D eigenvalue weighted by Gasteiger charge is 2.35. The maximum absolute atomic E-state index is 13.1. The van der Waals surface area contributed by atoms with Gasteiger partial charge in [0.25, 0.3) is 0 Å². The Balaban J connectivity index is 2.32. The smallest absolute Gasteiger partial charge is 0.243 e. The summed E-state index contributed by atoms with van der Waals surface area (Å²) >= 11 is 5.86. The van der Waals surface area contributed by atoms with Crippen molar-refractivity contribution < 1.29 is 13.2 Å². The number of sulfonamides is 1. The zero-order valence-corrected chi connectivity index (χ0v) is 15.6. The van der Waals surface area contributed by atoms with E-state index in [4.69, 9.17) is 11.6 Å². The van der Waals surface area contributed by atoms with Crippen LogP contribution in [0.25, 0.3) is 0 Å². The van der Waals surface area contributed by atoms with Gasteiger partial charge in [-0.2, -0.15) is 4.31 Å².